The van der Waals surface area contributed by atoms with Crippen molar-refractivity contribution in [2.24, 2.45) is 35.5 Å². The van der Waals surface area contributed by atoms with Crippen molar-refractivity contribution in [2.75, 3.05) is 7.05 Å². The van der Waals surface area contributed by atoms with Crippen molar-refractivity contribution in [2.45, 2.75) is 77.3 Å². The van der Waals surface area contributed by atoms with Gasteiger partial charge in [-0.1, -0.05) is 26.0 Å². The average Bonchev–Trinajstić information content (AvgIpc) is 2.54. The van der Waals surface area contributed by atoms with Gasteiger partial charge in [0.05, 0.1) is 0 Å². The summed E-state index contributed by atoms with van der Waals surface area (Å²) >= 11 is 0. The highest BCUT2D eigenvalue weighted by molar-refractivity contribution is 5.47. The Bertz CT molecular complexity index is 528. The molecule has 3 heteroatoms. The first-order valence-corrected chi connectivity index (χ1v) is 10.3. The maximum atomic E-state index is 11.0. The first-order valence-electron chi connectivity index (χ1n) is 10.3. The van der Waals surface area contributed by atoms with E-state index in [0.29, 0.717) is 17.8 Å². The molecule has 2 N–H and O–H groups in total. The maximum Gasteiger partial charge on any atom is 0.207 e. The molecule has 0 aromatic heterocycles. The van der Waals surface area contributed by atoms with Crippen LogP contribution in [0.25, 0.3) is 0 Å². The molecular formula is C22H38N2O. The lowest BCUT2D eigenvalue weighted by Crippen LogP contribution is -2.66. The monoisotopic (exact) mass is 346 g/mol. The van der Waals surface area contributed by atoms with Gasteiger partial charge in [-0.15, -0.1) is 0 Å². The van der Waals surface area contributed by atoms with E-state index >= 15 is 0 Å². The fraction of sp³-hybridized carbons (Fsp3) is 0.864. The second-order valence-corrected chi connectivity index (χ2v) is 9.97. The van der Waals surface area contributed by atoms with E-state index in [0.717, 1.165) is 37.0 Å². The van der Waals surface area contributed by atoms with Crippen LogP contribution < -0.4 is 10.6 Å². The van der Waals surface area contributed by atoms with Gasteiger partial charge in [-0.3, -0.25) is 4.79 Å². The molecule has 142 valence electrons. The summed E-state index contributed by atoms with van der Waals surface area (Å²) in [5.74, 6) is 4.28. The van der Waals surface area contributed by atoms with E-state index in [2.05, 4.69) is 52.0 Å². The zero-order chi connectivity index (χ0) is 18.4. The van der Waals surface area contributed by atoms with E-state index in [9.17, 15) is 4.79 Å². The largest absolute Gasteiger partial charge is 0.354 e. The van der Waals surface area contributed by atoms with Gasteiger partial charge >= 0.3 is 0 Å². The van der Waals surface area contributed by atoms with Crippen LogP contribution in [0.2, 0.25) is 0 Å². The van der Waals surface area contributed by atoms with Gasteiger partial charge in [-0.25, -0.2) is 0 Å². The number of allylic oxidation sites excluding steroid dienone is 1. The first kappa shape index (κ1) is 18.9. The van der Waals surface area contributed by atoms with Crippen LogP contribution in [0.5, 0.6) is 0 Å². The lowest BCUT2D eigenvalue weighted by Gasteiger charge is -2.63. The van der Waals surface area contributed by atoms with Gasteiger partial charge in [0.25, 0.3) is 0 Å². The van der Waals surface area contributed by atoms with Crippen LogP contribution in [0.4, 0.5) is 0 Å². The molecule has 3 aliphatic carbocycles. The van der Waals surface area contributed by atoms with Crippen LogP contribution in [0, 0.1) is 35.5 Å². The van der Waals surface area contributed by atoms with Crippen LogP contribution in [-0.4, -0.2) is 24.5 Å². The highest BCUT2D eigenvalue weighted by Gasteiger charge is 2.59. The molecule has 3 nitrogen and oxygen atoms in total. The minimum atomic E-state index is -0.140. The minimum absolute atomic E-state index is 0.140. The standard InChI is InChI=1S/C22H38N2O/c1-14-9-10-22(23-6)16(3)7-8-18-15(2)11-17(19(14)20(18)22)12-21(4,5)24-13-25/h13,15-20,23H,1,7-12H2,2-6H3,(H,24,25). The summed E-state index contributed by atoms with van der Waals surface area (Å²) in [5.41, 5.74) is 1.62. The van der Waals surface area contributed by atoms with Gasteiger partial charge in [0.15, 0.2) is 0 Å². The molecule has 0 aromatic carbocycles. The number of rotatable bonds is 5. The van der Waals surface area contributed by atoms with Crippen molar-refractivity contribution in [3.8, 4) is 0 Å². The van der Waals surface area contributed by atoms with E-state index < -0.39 is 0 Å². The quantitative estimate of drug-likeness (QED) is 0.580. The molecule has 3 fully saturated rings. The Hall–Kier alpha value is -0.830. The summed E-state index contributed by atoms with van der Waals surface area (Å²) in [6.07, 6.45) is 8.34. The van der Waals surface area contributed by atoms with Crippen molar-refractivity contribution in [3.05, 3.63) is 12.2 Å². The Kier molecular flexibility index (Phi) is 5.09. The predicted molar refractivity (Wildman–Crippen MR) is 104 cm³/mol. The van der Waals surface area contributed by atoms with Crippen molar-refractivity contribution < 1.29 is 4.79 Å². The zero-order valence-corrected chi connectivity index (χ0v) is 16.9. The van der Waals surface area contributed by atoms with Gasteiger partial charge in [-0.2, -0.15) is 0 Å². The Balaban J connectivity index is 1.96. The van der Waals surface area contributed by atoms with E-state index in [1.54, 1.807) is 0 Å². The molecule has 0 heterocycles. The van der Waals surface area contributed by atoms with E-state index in [4.69, 9.17) is 0 Å². The molecular weight excluding hydrogens is 308 g/mol. The Labute approximate surface area is 154 Å². The molecule has 0 spiro atoms. The molecule has 1 amide bonds. The van der Waals surface area contributed by atoms with Crippen molar-refractivity contribution in [3.63, 3.8) is 0 Å². The number of amides is 1. The van der Waals surface area contributed by atoms with Gasteiger partial charge in [-0.05, 0) is 94.9 Å². The number of hydrogen-bond acceptors (Lipinski definition) is 2. The molecule has 3 aliphatic rings. The number of hydrogen-bond donors (Lipinski definition) is 2. The van der Waals surface area contributed by atoms with Gasteiger partial charge < -0.3 is 10.6 Å². The van der Waals surface area contributed by atoms with Crippen LogP contribution in [0.3, 0.4) is 0 Å². The summed E-state index contributed by atoms with van der Waals surface area (Å²) in [6, 6.07) is 0. The smallest absolute Gasteiger partial charge is 0.207 e. The third-order valence-corrected chi connectivity index (χ3v) is 8.19. The normalized spacial score (nSPS) is 44.1. The summed E-state index contributed by atoms with van der Waals surface area (Å²) < 4.78 is 0. The molecule has 0 radical (unpaired) electrons. The van der Waals surface area contributed by atoms with Crippen molar-refractivity contribution in [1.29, 1.82) is 0 Å². The zero-order valence-electron chi connectivity index (χ0n) is 16.9. The summed E-state index contributed by atoms with van der Waals surface area (Å²) in [6.45, 7) is 13.8. The Morgan fingerprint density at radius 1 is 1.32 bits per heavy atom. The molecule has 25 heavy (non-hydrogen) atoms. The van der Waals surface area contributed by atoms with E-state index in [1.165, 1.54) is 31.3 Å². The Morgan fingerprint density at radius 2 is 2.04 bits per heavy atom. The topological polar surface area (TPSA) is 41.1 Å². The summed E-state index contributed by atoms with van der Waals surface area (Å²) in [5, 5.41) is 6.89. The fourth-order valence-electron chi connectivity index (χ4n) is 7.06. The van der Waals surface area contributed by atoms with Crippen LogP contribution in [-0.2, 0) is 4.79 Å². The van der Waals surface area contributed by atoms with Crippen LogP contribution in [0.15, 0.2) is 12.2 Å². The summed E-state index contributed by atoms with van der Waals surface area (Å²) in [4.78, 5) is 11.0. The second-order valence-electron chi connectivity index (χ2n) is 9.97. The molecule has 0 bridgehead atoms. The van der Waals surface area contributed by atoms with Gasteiger partial charge in [0.1, 0.15) is 0 Å². The fourth-order valence-corrected chi connectivity index (χ4v) is 7.06. The third kappa shape index (κ3) is 3.07. The highest BCUT2D eigenvalue weighted by atomic mass is 16.1. The number of carbonyl (C=O) groups is 1. The first-order chi connectivity index (χ1) is 11.8. The van der Waals surface area contributed by atoms with E-state index in [1.807, 2.05) is 0 Å². The second kappa shape index (κ2) is 6.72. The molecule has 3 rings (SSSR count). The molecule has 7 atom stereocenters. The number of nitrogens with one attached hydrogen (secondary N) is 2. The molecule has 0 aromatic rings. The third-order valence-electron chi connectivity index (χ3n) is 8.19. The minimum Gasteiger partial charge on any atom is -0.354 e. The van der Waals surface area contributed by atoms with Crippen LogP contribution in [0.1, 0.15) is 66.2 Å². The molecule has 0 aliphatic heterocycles. The van der Waals surface area contributed by atoms with E-state index in [-0.39, 0.29) is 11.1 Å². The molecule has 0 saturated heterocycles. The predicted octanol–water partition coefficient (Wildman–Crippen LogP) is 4.14. The maximum absolute atomic E-state index is 11.0. The molecule has 3 saturated carbocycles. The van der Waals surface area contributed by atoms with Gasteiger partial charge in [0, 0.05) is 11.1 Å². The average molecular weight is 347 g/mol. The lowest BCUT2D eigenvalue weighted by atomic mass is 9.44. The lowest BCUT2D eigenvalue weighted by molar-refractivity contribution is -0.111. The number of carbonyl (C=O) groups excluding carboxylic acids is 1. The van der Waals surface area contributed by atoms with Crippen LogP contribution >= 0.6 is 0 Å². The Morgan fingerprint density at radius 3 is 2.68 bits per heavy atom. The van der Waals surface area contributed by atoms with Crippen molar-refractivity contribution in [1.82, 2.24) is 10.6 Å². The highest BCUT2D eigenvalue weighted by Crippen LogP contribution is 2.61. The van der Waals surface area contributed by atoms with Crippen molar-refractivity contribution >= 4 is 6.41 Å². The van der Waals surface area contributed by atoms with Gasteiger partial charge in [0.2, 0.25) is 6.41 Å². The molecule has 7 unspecified atom stereocenters. The summed E-state index contributed by atoms with van der Waals surface area (Å²) in [7, 11) is 2.19. The SMILES string of the molecule is C=C1CCC2(NC)C(C)CCC3C(C)CC(CC(C)(C)NC=O)C1C32.